The summed E-state index contributed by atoms with van der Waals surface area (Å²) in [5, 5.41) is 9.83. The molecule has 0 bridgehead atoms. The van der Waals surface area contributed by atoms with Crippen LogP contribution in [0.1, 0.15) is 19.3 Å². The molecule has 1 aliphatic rings. The third kappa shape index (κ3) is 2.62. The van der Waals surface area contributed by atoms with Crippen LogP contribution in [0.2, 0.25) is 5.15 Å². The van der Waals surface area contributed by atoms with Crippen molar-refractivity contribution in [3.05, 3.63) is 29.5 Å². The number of halogens is 1. The number of pyridine rings is 1. The Morgan fingerprint density at radius 3 is 2.91 bits per heavy atom. The minimum atomic E-state index is -3.77. The Labute approximate surface area is 134 Å². The van der Waals surface area contributed by atoms with Crippen molar-refractivity contribution in [2.45, 2.75) is 30.4 Å². The van der Waals surface area contributed by atoms with Gasteiger partial charge in [-0.3, -0.25) is 4.40 Å². The van der Waals surface area contributed by atoms with E-state index in [-0.39, 0.29) is 22.6 Å². The lowest BCUT2D eigenvalue weighted by Gasteiger charge is -2.22. The van der Waals surface area contributed by atoms with Gasteiger partial charge in [-0.05, 0) is 30.9 Å². The molecule has 120 valence electrons. The number of fused-ring (bicyclic) bond motifs is 1. The predicted molar refractivity (Wildman–Crippen MR) is 83.4 cm³/mol. The van der Waals surface area contributed by atoms with Crippen molar-refractivity contribution in [2.24, 2.45) is 5.92 Å². The molecule has 0 radical (unpaired) electrons. The van der Waals surface area contributed by atoms with E-state index >= 15 is 0 Å². The Kier molecular flexibility index (Phi) is 4.15. The van der Waals surface area contributed by atoms with Gasteiger partial charge in [-0.15, -0.1) is 0 Å². The second-order valence-corrected chi connectivity index (χ2v) is 8.00. The van der Waals surface area contributed by atoms with Gasteiger partial charge >= 0.3 is 0 Å². The SMILES string of the molecule is CN(CC1CCCC1O)S(=O)(=O)c1c(Cl)nc2ccccn12. The number of sulfonamides is 1. The van der Waals surface area contributed by atoms with Crippen LogP contribution in [-0.4, -0.2) is 46.9 Å². The van der Waals surface area contributed by atoms with Gasteiger partial charge in [0.1, 0.15) is 5.65 Å². The van der Waals surface area contributed by atoms with Gasteiger partial charge in [-0.25, -0.2) is 13.4 Å². The third-order valence-electron chi connectivity index (χ3n) is 4.21. The molecule has 6 nitrogen and oxygen atoms in total. The molecule has 0 spiro atoms. The van der Waals surface area contributed by atoms with Crippen molar-refractivity contribution in [1.29, 1.82) is 0 Å². The van der Waals surface area contributed by atoms with Crippen molar-refractivity contribution in [1.82, 2.24) is 13.7 Å². The molecule has 0 saturated heterocycles. The minimum absolute atomic E-state index is 0.0280. The van der Waals surface area contributed by atoms with Crippen LogP contribution in [0.4, 0.5) is 0 Å². The summed E-state index contributed by atoms with van der Waals surface area (Å²) < 4.78 is 28.4. The Bertz CT molecular complexity index is 790. The van der Waals surface area contributed by atoms with Crippen molar-refractivity contribution < 1.29 is 13.5 Å². The van der Waals surface area contributed by atoms with Gasteiger partial charge in [-0.1, -0.05) is 24.1 Å². The lowest BCUT2D eigenvalue weighted by molar-refractivity contribution is 0.123. The van der Waals surface area contributed by atoms with Crippen LogP contribution in [0.25, 0.3) is 5.65 Å². The number of aliphatic hydroxyl groups excluding tert-OH is 1. The van der Waals surface area contributed by atoms with Crippen molar-refractivity contribution in [3.8, 4) is 0 Å². The molecule has 2 heterocycles. The number of nitrogens with zero attached hydrogens (tertiary/aromatic N) is 3. The van der Waals surface area contributed by atoms with E-state index in [9.17, 15) is 13.5 Å². The normalized spacial score (nSPS) is 22.7. The molecule has 1 aliphatic carbocycles. The van der Waals surface area contributed by atoms with E-state index in [0.717, 1.165) is 19.3 Å². The zero-order valence-electron chi connectivity index (χ0n) is 12.2. The summed E-state index contributed by atoms with van der Waals surface area (Å²) in [5.74, 6) is -0.0299. The standard InChI is InChI=1S/C14H18ClN3O3S/c1-17(9-10-5-4-6-11(10)19)22(20,21)14-13(15)16-12-7-2-3-8-18(12)14/h2-3,7-8,10-11,19H,4-6,9H2,1H3. The average molecular weight is 344 g/mol. The van der Waals surface area contributed by atoms with Crippen LogP contribution < -0.4 is 0 Å². The Morgan fingerprint density at radius 2 is 2.23 bits per heavy atom. The summed E-state index contributed by atoms with van der Waals surface area (Å²) in [5.41, 5.74) is 0.486. The molecule has 0 aliphatic heterocycles. The van der Waals surface area contributed by atoms with Crippen LogP contribution in [0.15, 0.2) is 29.4 Å². The Hall–Kier alpha value is -1.15. The number of imidazole rings is 1. The lowest BCUT2D eigenvalue weighted by atomic mass is 10.1. The van der Waals surface area contributed by atoms with Gasteiger partial charge in [-0.2, -0.15) is 4.31 Å². The highest BCUT2D eigenvalue weighted by Crippen LogP contribution is 2.29. The molecule has 2 aromatic heterocycles. The van der Waals surface area contributed by atoms with Gasteiger partial charge < -0.3 is 5.11 Å². The molecule has 2 aromatic rings. The minimum Gasteiger partial charge on any atom is -0.393 e. The first-order valence-corrected chi connectivity index (χ1v) is 9.00. The van der Waals surface area contributed by atoms with Crippen LogP contribution in [0.5, 0.6) is 0 Å². The van der Waals surface area contributed by atoms with E-state index in [2.05, 4.69) is 4.98 Å². The first-order valence-electron chi connectivity index (χ1n) is 7.18. The van der Waals surface area contributed by atoms with Crippen LogP contribution >= 0.6 is 11.6 Å². The van der Waals surface area contributed by atoms with Crippen LogP contribution in [0.3, 0.4) is 0 Å². The highest BCUT2D eigenvalue weighted by molar-refractivity contribution is 7.89. The van der Waals surface area contributed by atoms with Gasteiger partial charge in [0.2, 0.25) is 0 Å². The molecular formula is C14H18ClN3O3S. The molecule has 22 heavy (non-hydrogen) atoms. The molecule has 1 N–H and O–H groups in total. The fourth-order valence-electron chi connectivity index (χ4n) is 2.98. The van der Waals surface area contributed by atoms with Gasteiger partial charge in [0.05, 0.1) is 6.10 Å². The monoisotopic (exact) mass is 343 g/mol. The second kappa shape index (κ2) is 5.81. The molecule has 2 atom stereocenters. The fourth-order valence-corrected chi connectivity index (χ4v) is 4.80. The molecule has 0 amide bonds. The molecule has 2 unspecified atom stereocenters. The fraction of sp³-hybridized carbons (Fsp3) is 0.500. The molecule has 1 saturated carbocycles. The smallest absolute Gasteiger partial charge is 0.262 e. The van der Waals surface area contributed by atoms with E-state index < -0.39 is 16.1 Å². The number of aromatic nitrogens is 2. The zero-order chi connectivity index (χ0) is 15.9. The molecular weight excluding hydrogens is 326 g/mol. The summed E-state index contributed by atoms with van der Waals surface area (Å²) >= 11 is 6.05. The summed E-state index contributed by atoms with van der Waals surface area (Å²) in [6.07, 6.45) is 3.68. The van der Waals surface area contributed by atoms with Crippen molar-refractivity contribution in [2.75, 3.05) is 13.6 Å². The average Bonchev–Trinajstić information content (AvgIpc) is 3.01. The number of aliphatic hydroxyl groups is 1. The summed E-state index contributed by atoms with van der Waals surface area (Å²) in [6, 6.07) is 5.20. The number of rotatable bonds is 4. The van der Waals surface area contributed by atoms with Crippen LogP contribution in [0, 0.1) is 5.92 Å². The lowest BCUT2D eigenvalue weighted by Crippen LogP contribution is -2.35. The second-order valence-electron chi connectivity index (χ2n) is 5.68. The maximum Gasteiger partial charge on any atom is 0.262 e. The highest BCUT2D eigenvalue weighted by atomic mass is 35.5. The molecule has 8 heteroatoms. The first kappa shape index (κ1) is 15.7. The summed E-state index contributed by atoms with van der Waals surface area (Å²) in [6.45, 7) is 0.278. The maximum atomic E-state index is 12.8. The Morgan fingerprint density at radius 1 is 1.45 bits per heavy atom. The van der Waals surface area contributed by atoms with E-state index in [0.29, 0.717) is 5.65 Å². The largest absolute Gasteiger partial charge is 0.393 e. The van der Waals surface area contributed by atoms with Crippen molar-refractivity contribution >= 4 is 27.3 Å². The van der Waals surface area contributed by atoms with Crippen molar-refractivity contribution in [3.63, 3.8) is 0 Å². The van der Waals surface area contributed by atoms with E-state index in [1.54, 1.807) is 24.4 Å². The van der Waals surface area contributed by atoms with E-state index in [4.69, 9.17) is 11.6 Å². The highest BCUT2D eigenvalue weighted by Gasteiger charge is 2.33. The molecule has 0 aromatic carbocycles. The quantitative estimate of drug-likeness (QED) is 0.918. The Balaban J connectivity index is 1.95. The van der Waals surface area contributed by atoms with Crippen LogP contribution in [-0.2, 0) is 10.0 Å². The first-order chi connectivity index (χ1) is 10.4. The van der Waals surface area contributed by atoms with Gasteiger partial charge in [0.25, 0.3) is 10.0 Å². The number of hydrogen-bond acceptors (Lipinski definition) is 4. The van der Waals surface area contributed by atoms with Gasteiger partial charge in [0, 0.05) is 19.8 Å². The van der Waals surface area contributed by atoms with E-state index in [1.807, 2.05) is 0 Å². The topological polar surface area (TPSA) is 74.9 Å². The maximum absolute atomic E-state index is 12.8. The zero-order valence-corrected chi connectivity index (χ0v) is 13.8. The van der Waals surface area contributed by atoms with Gasteiger partial charge in [0.15, 0.2) is 10.2 Å². The van der Waals surface area contributed by atoms with E-state index in [1.165, 1.54) is 15.8 Å². The summed E-state index contributed by atoms with van der Waals surface area (Å²) in [7, 11) is -2.26. The molecule has 3 rings (SSSR count). The predicted octanol–water partition coefficient (Wildman–Crippen LogP) is 1.77. The summed E-state index contributed by atoms with van der Waals surface area (Å²) in [4.78, 5) is 4.08. The third-order valence-corrected chi connectivity index (χ3v) is 6.44. The number of hydrogen-bond donors (Lipinski definition) is 1. The molecule has 1 fully saturated rings.